The third-order valence-corrected chi connectivity index (χ3v) is 13.6. The fourth-order valence-corrected chi connectivity index (χ4v) is 15.8. The fraction of sp³-hybridized carbons (Fsp3) is 0.552. The van der Waals surface area contributed by atoms with Gasteiger partial charge in [0.05, 0.1) is 10.3 Å². The summed E-state index contributed by atoms with van der Waals surface area (Å²) >= 11 is 0. The molecule has 7 heteroatoms. The van der Waals surface area contributed by atoms with Crippen LogP contribution in [0.2, 0.25) is 39.3 Å². The number of aryl methyl sites for hydroxylation is 2. The van der Waals surface area contributed by atoms with E-state index >= 15 is 0 Å². The predicted octanol–water partition coefficient (Wildman–Crippen LogP) is 10.5. The first-order valence-electron chi connectivity index (χ1n) is 12.7. The first-order chi connectivity index (χ1) is 15.7. The second-order valence-corrected chi connectivity index (χ2v) is 27.0. The van der Waals surface area contributed by atoms with Crippen molar-refractivity contribution in [3.8, 4) is 0 Å². The Balaban J connectivity index is 0.00000105. The van der Waals surface area contributed by atoms with Crippen molar-refractivity contribution in [3.63, 3.8) is 0 Å². The Morgan fingerprint density at radius 1 is 0.694 bits per heavy atom. The smallest absolute Gasteiger partial charge is 0.668 e. The molecular weight excluding hydrogens is 533 g/mol. The summed E-state index contributed by atoms with van der Waals surface area (Å²) in [4.78, 5) is 0. The monoisotopic (exact) mass is 584 g/mol. The second-order valence-electron chi connectivity index (χ2n) is 13.5. The summed E-state index contributed by atoms with van der Waals surface area (Å²) in [7, 11) is -3.28. The Bertz CT molecular complexity index is 921. The second kappa shape index (κ2) is 13.9. The Kier molecular flexibility index (Phi) is 13.6. The number of hydrogen-bond acceptors (Lipinski definition) is 1. The predicted molar refractivity (Wildman–Crippen MR) is 170 cm³/mol. The zero-order chi connectivity index (χ0) is 27.2. The van der Waals surface area contributed by atoms with Gasteiger partial charge in [-0.05, 0) is 83.6 Å². The summed E-state index contributed by atoms with van der Waals surface area (Å²) in [5, 5.41) is 5.37. The van der Waals surface area contributed by atoms with Gasteiger partial charge in [-0.2, -0.15) is 0 Å². The number of benzene rings is 2. The fourth-order valence-electron chi connectivity index (χ4n) is 4.40. The Morgan fingerprint density at radius 3 is 1.44 bits per heavy atom. The molecule has 0 amide bonds. The largest absolute Gasteiger partial charge is 2.00 e. The SMILES string of the molecule is C[Si](C)(C)[N-][Si](C)(C)C.Cc1cccc(C)c1[N-]/C(=N\[PH+](C(C)(C)C)C(C)(C)C)c1ccccc1.[Fe+2]. The molecule has 3 nitrogen and oxygen atoms in total. The first-order valence-corrected chi connectivity index (χ1v) is 21.1. The van der Waals surface area contributed by atoms with Gasteiger partial charge in [0.2, 0.25) is 0 Å². The van der Waals surface area contributed by atoms with E-state index in [1.807, 2.05) is 6.07 Å². The van der Waals surface area contributed by atoms with Crippen LogP contribution in [0.3, 0.4) is 0 Å². The molecular formula is C29H51FeN3PSi2+. The molecule has 2 rings (SSSR count). The van der Waals surface area contributed by atoms with Gasteiger partial charge in [0, 0.05) is 8.07 Å². The molecule has 0 aliphatic carbocycles. The van der Waals surface area contributed by atoms with Gasteiger partial charge in [-0.3, -0.25) is 0 Å². The van der Waals surface area contributed by atoms with Crippen molar-refractivity contribution in [3.05, 3.63) is 75.2 Å². The summed E-state index contributed by atoms with van der Waals surface area (Å²) < 4.78 is 10.1. The summed E-state index contributed by atoms with van der Waals surface area (Å²) in [6.45, 7) is 31.8. The van der Waals surface area contributed by atoms with Gasteiger partial charge in [0.1, 0.15) is 0 Å². The average Bonchev–Trinajstić information content (AvgIpc) is 2.63. The molecule has 2 aromatic rings. The van der Waals surface area contributed by atoms with Gasteiger partial charge in [-0.25, -0.2) is 0 Å². The van der Waals surface area contributed by atoms with Crippen LogP contribution in [0, 0.1) is 13.8 Å². The molecule has 0 fully saturated rings. The molecule has 0 unspecified atom stereocenters. The third kappa shape index (κ3) is 13.2. The molecule has 0 spiro atoms. The summed E-state index contributed by atoms with van der Waals surface area (Å²) in [5.41, 5.74) is 4.51. The van der Waals surface area contributed by atoms with Crippen LogP contribution >= 0.6 is 8.07 Å². The van der Waals surface area contributed by atoms with E-state index in [9.17, 15) is 0 Å². The van der Waals surface area contributed by atoms with Gasteiger partial charge >= 0.3 is 17.1 Å². The molecule has 0 saturated carbocycles. The van der Waals surface area contributed by atoms with Crippen LogP contribution < -0.4 is 0 Å². The molecule has 0 atom stereocenters. The van der Waals surface area contributed by atoms with E-state index in [2.05, 4.69) is 137 Å². The van der Waals surface area contributed by atoms with E-state index in [1.54, 1.807) is 0 Å². The Morgan fingerprint density at radius 2 is 1.11 bits per heavy atom. The van der Waals surface area contributed by atoms with Crippen molar-refractivity contribution in [1.82, 2.24) is 0 Å². The normalized spacial score (nSPS) is 13.0. The Hall–Kier alpha value is -0.747. The van der Waals surface area contributed by atoms with Crippen molar-refractivity contribution < 1.29 is 17.1 Å². The summed E-state index contributed by atoms with van der Waals surface area (Å²) in [5.74, 6) is 0.863. The average molecular weight is 585 g/mol. The van der Waals surface area contributed by atoms with E-state index < -0.39 is 24.5 Å². The molecule has 0 N–H and O–H groups in total. The van der Waals surface area contributed by atoms with Crippen LogP contribution in [0.4, 0.5) is 5.69 Å². The van der Waals surface area contributed by atoms with Gasteiger partial charge in [0.15, 0.2) is 0 Å². The number of rotatable bonds is 5. The van der Waals surface area contributed by atoms with Gasteiger partial charge in [-0.15, -0.1) is 0 Å². The molecule has 0 aliphatic heterocycles. The van der Waals surface area contributed by atoms with Crippen LogP contribution in [0.25, 0.3) is 9.96 Å². The summed E-state index contributed by atoms with van der Waals surface area (Å²) in [6, 6.07) is 16.7. The van der Waals surface area contributed by atoms with Crippen LogP contribution in [0.1, 0.15) is 58.2 Å². The standard InChI is InChI=1S/C23H32N2P.C6H18NSi2.Fe/c1-17-13-12-14-18(2)20(17)24-21(19-15-10-9-11-16-19)25-26(22(3,4)5)23(6,7)8;1-8(2,3)7-9(4,5)6;/h9-16H,1-8H3;1-6H3;/q2*-1;+2/p+1. The zero-order valence-corrected chi connectivity index (χ0v) is 29.4. The van der Waals surface area contributed by atoms with Gasteiger partial charge < -0.3 is 14.7 Å². The van der Waals surface area contributed by atoms with Crippen molar-refractivity contribution >= 4 is 36.1 Å². The maximum atomic E-state index is 5.32. The van der Waals surface area contributed by atoms with Crippen molar-refractivity contribution in [2.24, 2.45) is 4.76 Å². The van der Waals surface area contributed by atoms with Crippen LogP contribution in [0.15, 0.2) is 53.3 Å². The molecule has 0 aliphatic rings. The molecule has 0 bridgehead atoms. The Labute approximate surface area is 237 Å². The quantitative estimate of drug-likeness (QED) is 0.145. The molecule has 0 saturated heterocycles. The topological polar surface area (TPSA) is 40.6 Å². The van der Waals surface area contributed by atoms with E-state index in [0.717, 1.165) is 17.1 Å². The van der Waals surface area contributed by atoms with Gasteiger partial charge in [0.25, 0.3) is 0 Å². The minimum atomic E-state index is -1.11. The van der Waals surface area contributed by atoms with Crippen LogP contribution in [0.5, 0.6) is 0 Å². The van der Waals surface area contributed by atoms with Crippen molar-refractivity contribution in [2.45, 2.75) is 105 Å². The minimum absolute atomic E-state index is 0. The maximum Gasteiger partial charge on any atom is 2.00 e. The molecule has 0 radical (unpaired) electrons. The number of hydrogen-bond donors (Lipinski definition) is 0. The maximum absolute atomic E-state index is 5.32. The molecule has 202 valence electrons. The number of para-hydroxylation sites is 1. The van der Waals surface area contributed by atoms with E-state index in [1.165, 1.54) is 11.1 Å². The van der Waals surface area contributed by atoms with E-state index in [4.69, 9.17) is 14.7 Å². The number of nitrogens with zero attached hydrogens (tertiary/aromatic N) is 3. The van der Waals surface area contributed by atoms with Crippen molar-refractivity contribution in [2.75, 3.05) is 0 Å². The van der Waals surface area contributed by atoms with Crippen LogP contribution in [-0.2, 0) is 17.1 Å². The zero-order valence-electron chi connectivity index (χ0n) is 25.3. The van der Waals surface area contributed by atoms with Crippen LogP contribution in [-0.4, -0.2) is 32.6 Å². The molecule has 36 heavy (non-hydrogen) atoms. The minimum Gasteiger partial charge on any atom is -0.668 e. The molecule has 0 heterocycles. The first kappa shape index (κ1) is 35.3. The summed E-state index contributed by atoms with van der Waals surface area (Å²) in [6.07, 6.45) is 0. The molecule has 0 aromatic heterocycles. The van der Waals surface area contributed by atoms with E-state index in [-0.39, 0.29) is 27.4 Å². The van der Waals surface area contributed by atoms with Gasteiger partial charge in [-0.1, -0.05) is 104 Å². The number of amidine groups is 1. The third-order valence-electron chi connectivity index (χ3n) is 5.00. The van der Waals surface area contributed by atoms with Crippen molar-refractivity contribution in [1.29, 1.82) is 0 Å². The molecule has 2 aromatic carbocycles. The van der Waals surface area contributed by atoms with E-state index in [0.29, 0.717) is 0 Å².